The van der Waals surface area contributed by atoms with Gasteiger partial charge in [-0.3, -0.25) is 5.32 Å². The summed E-state index contributed by atoms with van der Waals surface area (Å²) < 4.78 is 6.36. The topological polar surface area (TPSA) is 25.2 Å². The lowest BCUT2D eigenvalue weighted by Crippen LogP contribution is -2.20. The Balaban J connectivity index is 1.80. The van der Waals surface area contributed by atoms with E-state index in [0.29, 0.717) is 0 Å². The van der Waals surface area contributed by atoms with Gasteiger partial charge < -0.3 is 4.42 Å². The fourth-order valence-electron chi connectivity index (χ4n) is 2.32. The number of rotatable bonds is 5. The van der Waals surface area contributed by atoms with Gasteiger partial charge in [-0.05, 0) is 36.8 Å². The van der Waals surface area contributed by atoms with Crippen LogP contribution < -0.4 is 5.32 Å². The first-order valence-corrected chi connectivity index (χ1v) is 7.99. The van der Waals surface area contributed by atoms with E-state index in [-0.39, 0.29) is 6.04 Å². The molecule has 1 atom stereocenters. The first kappa shape index (κ1) is 14.4. The fourth-order valence-corrected chi connectivity index (χ4v) is 3.47. The van der Waals surface area contributed by atoms with Crippen LogP contribution in [0.2, 0.25) is 4.34 Å². The monoisotopic (exact) mass is 317 g/mol. The summed E-state index contributed by atoms with van der Waals surface area (Å²) in [4.78, 5) is 1.16. The molecule has 0 radical (unpaired) electrons. The lowest BCUT2D eigenvalue weighted by atomic mass is 10.1. The van der Waals surface area contributed by atoms with E-state index in [1.807, 2.05) is 24.3 Å². The van der Waals surface area contributed by atoms with Gasteiger partial charge in [-0.1, -0.05) is 41.4 Å². The van der Waals surface area contributed by atoms with Crippen molar-refractivity contribution in [1.29, 1.82) is 0 Å². The third-order valence-electron chi connectivity index (χ3n) is 3.30. The molecule has 0 aliphatic rings. The van der Waals surface area contributed by atoms with Crippen LogP contribution in [-0.2, 0) is 6.54 Å². The summed E-state index contributed by atoms with van der Waals surface area (Å²) in [6.07, 6.45) is 1.70. The maximum atomic E-state index is 6.06. The number of thiophene rings is 1. The van der Waals surface area contributed by atoms with Crippen molar-refractivity contribution in [2.24, 2.45) is 0 Å². The smallest absolute Gasteiger partial charge is 0.126 e. The molecule has 0 aliphatic carbocycles. The highest BCUT2D eigenvalue weighted by Gasteiger charge is 2.18. The lowest BCUT2D eigenvalue weighted by molar-refractivity contribution is 0.449. The maximum absolute atomic E-state index is 6.06. The molecule has 0 fully saturated rings. The molecule has 1 unspecified atom stereocenters. The minimum absolute atomic E-state index is 0.0259. The van der Waals surface area contributed by atoms with Crippen molar-refractivity contribution in [1.82, 2.24) is 5.32 Å². The van der Waals surface area contributed by atoms with E-state index < -0.39 is 0 Å². The van der Waals surface area contributed by atoms with Crippen LogP contribution in [0.4, 0.5) is 0 Å². The second-order valence-corrected chi connectivity index (χ2v) is 6.71. The zero-order valence-electron chi connectivity index (χ0n) is 11.7. The largest absolute Gasteiger partial charge is 0.467 e. The lowest BCUT2D eigenvalue weighted by Gasteiger charge is -2.15. The Morgan fingerprint density at radius 1 is 1.19 bits per heavy atom. The van der Waals surface area contributed by atoms with Crippen LogP contribution in [0.25, 0.3) is 0 Å². The number of benzene rings is 1. The van der Waals surface area contributed by atoms with Crippen LogP contribution in [0.3, 0.4) is 0 Å². The molecule has 2 aromatic heterocycles. The number of nitrogens with one attached hydrogen (secondary N) is 1. The van der Waals surface area contributed by atoms with Crippen LogP contribution >= 0.6 is 22.9 Å². The summed E-state index contributed by atoms with van der Waals surface area (Å²) in [6, 6.07) is 16.4. The molecule has 2 nitrogen and oxygen atoms in total. The minimum atomic E-state index is 0.0259. The number of halogens is 1. The van der Waals surface area contributed by atoms with E-state index in [4.69, 9.17) is 16.0 Å². The van der Waals surface area contributed by atoms with Gasteiger partial charge >= 0.3 is 0 Å². The quantitative estimate of drug-likeness (QED) is 0.701. The normalized spacial score (nSPS) is 12.5. The molecular weight excluding hydrogens is 302 g/mol. The molecule has 0 saturated heterocycles. The predicted molar refractivity (Wildman–Crippen MR) is 87.9 cm³/mol. The first-order chi connectivity index (χ1) is 10.2. The summed E-state index contributed by atoms with van der Waals surface area (Å²) in [5.74, 6) is 0.904. The second-order valence-electron chi connectivity index (χ2n) is 4.96. The highest BCUT2D eigenvalue weighted by Crippen LogP contribution is 2.31. The van der Waals surface area contributed by atoms with E-state index in [9.17, 15) is 0 Å². The van der Waals surface area contributed by atoms with Crippen molar-refractivity contribution < 1.29 is 4.42 Å². The molecule has 4 heteroatoms. The summed E-state index contributed by atoms with van der Waals surface area (Å²) in [7, 11) is 0. The molecule has 0 saturated carbocycles. The zero-order chi connectivity index (χ0) is 14.7. The second kappa shape index (κ2) is 6.48. The molecule has 0 spiro atoms. The zero-order valence-corrected chi connectivity index (χ0v) is 13.2. The Morgan fingerprint density at radius 2 is 2.10 bits per heavy atom. The van der Waals surface area contributed by atoms with Gasteiger partial charge in [0.05, 0.1) is 10.6 Å². The van der Waals surface area contributed by atoms with Crippen LogP contribution in [-0.4, -0.2) is 0 Å². The van der Waals surface area contributed by atoms with Crippen LogP contribution in [0.5, 0.6) is 0 Å². The van der Waals surface area contributed by atoms with Crippen molar-refractivity contribution in [3.8, 4) is 0 Å². The Bertz CT molecular complexity index is 705. The van der Waals surface area contributed by atoms with E-state index in [2.05, 4.69) is 36.5 Å². The highest BCUT2D eigenvalue weighted by atomic mass is 35.5. The van der Waals surface area contributed by atoms with E-state index in [1.165, 1.54) is 11.1 Å². The van der Waals surface area contributed by atoms with Crippen molar-refractivity contribution in [2.75, 3.05) is 0 Å². The average Bonchev–Trinajstić information content (AvgIpc) is 3.12. The van der Waals surface area contributed by atoms with Crippen molar-refractivity contribution in [2.45, 2.75) is 19.5 Å². The molecule has 3 rings (SSSR count). The highest BCUT2D eigenvalue weighted by molar-refractivity contribution is 7.16. The van der Waals surface area contributed by atoms with E-state index in [1.54, 1.807) is 17.6 Å². The molecule has 1 aromatic carbocycles. The van der Waals surface area contributed by atoms with Crippen LogP contribution in [0, 0.1) is 6.92 Å². The minimum Gasteiger partial charge on any atom is -0.467 e. The Morgan fingerprint density at radius 3 is 2.76 bits per heavy atom. The van der Waals surface area contributed by atoms with Gasteiger partial charge in [0.2, 0.25) is 0 Å². The Labute approximate surface area is 133 Å². The fraction of sp³-hybridized carbons (Fsp3) is 0.176. The van der Waals surface area contributed by atoms with Crippen molar-refractivity contribution >= 4 is 22.9 Å². The number of furan rings is 1. The molecular formula is C17H16ClNOS. The van der Waals surface area contributed by atoms with Crippen molar-refractivity contribution in [3.63, 3.8) is 0 Å². The van der Waals surface area contributed by atoms with Crippen LogP contribution in [0.1, 0.15) is 27.8 Å². The molecule has 0 amide bonds. The molecule has 0 aliphatic heterocycles. The predicted octanol–water partition coefficient (Wildman–Crippen LogP) is 5.18. The average molecular weight is 318 g/mol. The number of hydrogen-bond acceptors (Lipinski definition) is 3. The van der Waals surface area contributed by atoms with Gasteiger partial charge in [-0.2, -0.15) is 0 Å². The van der Waals surface area contributed by atoms with Gasteiger partial charge in [0.1, 0.15) is 11.8 Å². The summed E-state index contributed by atoms with van der Waals surface area (Å²) in [6.45, 7) is 2.88. The maximum Gasteiger partial charge on any atom is 0.126 e. The third kappa shape index (κ3) is 3.56. The molecule has 108 valence electrons. The van der Waals surface area contributed by atoms with Gasteiger partial charge in [-0.15, -0.1) is 11.3 Å². The van der Waals surface area contributed by atoms with E-state index >= 15 is 0 Å². The Hall–Kier alpha value is -1.55. The molecule has 21 heavy (non-hydrogen) atoms. The third-order valence-corrected chi connectivity index (χ3v) is 4.60. The van der Waals surface area contributed by atoms with Crippen molar-refractivity contribution in [3.05, 3.63) is 80.9 Å². The standard InChI is InChI=1S/C17H16ClNOS/c1-12-4-2-5-13(10-12)11-19-17(14-6-3-9-20-14)15-7-8-16(18)21-15/h2-10,17,19H,11H2,1H3. The summed E-state index contributed by atoms with van der Waals surface area (Å²) in [5, 5.41) is 3.55. The van der Waals surface area contributed by atoms with Gasteiger partial charge in [-0.25, -0.2) is 0 Å². The van der Waals surface area contributed by atoms with E-state index in [0.717, 1.165) is 21.5 Å². The number of aryl methyl sites for hydroxylation is 1. The SMILES string of the molecule is Cc1cccc(CNC(c2ccco2)c2ccc(Cl)s2)c1. The summed E-state index contributed by atoms with van der Waals surface area (Å²) >= 11 is 7.64. The Kier molecular flexibility index (Phi) is 4.44. The molecule has 3 aromatic rings. The molecule has 1 N–H and O–H groups in total. The molecule has 2 heterocycles. The summed E-state index contributed by atoms with van der Waals surface area (Å²) in [5.41, 5.74) is 2.53. The first-order valence-electron chi connectivity index (χ1n) is 6.80. The van der Waals surface area contributed by atoms with Crippen LogP contribution in [0.15, 0.2) is 59.2 Å². The number of hydrogen-bond donors (Lipinski definition) is 1. The van der Waals surface area contributed by atoms with Gasteiger partial charge in [0.15, 0.2) is 0 Å². The van der Waals surface area contributed by atoms with Gasteiger partial charge in [0, 0.05) is 11.4 Å². The van der Waals surface area contributed by atoms with Gasteiger partial charge in [0.25, 0.3) is 0 Å². The molecule has 0 bridgehead atoms.